The number of phenolic OH excluding ortho intramolecular Hbond substituents is 1. The normalized spacial score (nSPS) is 16.1. The van der Waals surface area contributed by atoms with Crippen molar-refractivity contribution >= 4 is 11.4 Å². The molecule has 1 aliphatic heterocycles. The van der Waals surface area contributed by atoms with Gasteiger partial charge in [0.25, 0.3) is 0 Å². The lowest BCUT2D eigenvalue weighted by atomic mass is 9.74. The first-order valence-corrected chi connectivity index (χ1v) is 9.06. The molecule has 2 aromatic carbocycles. The van der Waals surface area contributed by atoms with E-state index in [0.29, 0.717) is 12.2 Å². The van der Waals surface area contributed by atoms with Gasteiger partial charge in [0, 0.05) is 23.9 Å². The van der Waals surface area contributed by atoms with Crippen molar-refractivity contribution in [3.8, 4) is 5.75 Å². The molecular weight excluding hydrogens is 390 g/mol. The second kappa shape index (κ2) is 7.38. The number of rotatable bonds is 6. The summed E-state index contributed by atoms with van der Waals surface area (Å²) in [5, 5.41) is 22.7. The summed E-state index contributed by atoms with van der Waals surface area (Å²) >= 11 is 0. The van der Waals surface area contributed by atoms with Crippen LogP contribution in [0.4, 0.5) is 28.9 Å². The van der Waals surface area contributed by atoms with Gasteiger partial charge in [-0.1, -0.05) is 26.0 Å². The van der Waals surface area contributed by atoms with E-state index in [1.54, 1.807) is 18.2 Å². The summed E-state index contributed by atoms with van der Waals surface area (Å²) in [5.74, 6) is -1.15. The van der Waals surface area contributed by atoms with E-state index in [1.807, 2.05) is 0 Å². The molecule has 0 bridgehead atoms. The van der Waals surface area contributed by atoms with Crippen molar-refractivity contribution < 1.29 is 27.8 Å². The SMILES string of the molecule is CC(C)(CC(O)(CNc1cccc2c1CNN2)C(F)(F)F)c1ccc(O)cc1F. The summed E-state index contributed by atoms with van der Waals surface area (Å²) in [6, 6.07) is 8.38. The Morgan fingerprint density at radius 2 is 1.86 bits per heavy atom. The average molecular weight is 413 g/mol. The van der Waals surface area contributed by atoms with Gasteiger partial charge >= 0.3 is 6.18 Å². The topological polar surface area (TPSA) is 76.5 Å². The second-order valence-electron chi connectivity index (χ2n) is 7.92. The van der Waals surface area contributed by atoms with Crippen molar-refractivity contribution in [3.63, 3.8) is 0 Å². The first-order chi connectivity index (χ1) is 13.4. The number of benzene rings is 2. The number of hydrogen-bond donors (Lipinski definition) is 5. The first kappa shape index (κ1) is 21.2. The molecule has 0 aromatic heterocycles. The summed E-state index contributed by atoms with van der Waals surface area (Å²) in [5.41, 5.74) is 3.29. The number of nitrogens with one attached hydrogen (secondary N) is 3. The third kappa shape index (κ3) is 4.25. The van der Waals surface area contributed by atoms with Gasteiger partial charge in [0.2, 0.25) is 0 Å². The van der Waals surface area contributed by atoms with Gasteiger partial charge in [-0.25, -0.2) is 9.82 Å². The molecule has 0 saturated heterocycles. The number of phenols is 1. The van der Waals surface area contributed by atoms with Crippen LogP contribution in [0.25, 0.3) is 0 Å². The number of halogens is 4. The largest absolute Gasteiger partial charge is 0.508 e. The molecule has 5 N–H and O–H groups in total. The van der Waals surface area contributed by atoms with E-state index >= 15 is 0 Å². The minimum Gasteiger partial charge on any atom is -0.508 e. The molecule has 1 heterocycles. The minimum atomic E-state index is -4.95. The fourth-order valence-corrected chi connectivity index (χ4v) is 3.67. The van der Waals surface area contributed by atoms with E-state index in [9.17, 15) is 27.8 Å². The van der Waals surface area contributed by atoms with Crippen LogP contribution in [0, 0.1) is 5.82 Å². The van der Waals surface area contributed by atoms with Crippen molar-refractivity contribution in [2.45, 2.75) is 44.0 Å². The Bertz CT molecular complexity index is 902. The minimum absolute atomic E-state index is 0.0213. The van der Waals surface area contributed by atoms with Gasteiger partial charge < -0.3 is 21.0 Å². The molecule has 3 rings (SSSR count). The average Bonchev–Trinajstić information content (AvgIpc) is 3.07. The summed E-state index contributed by atoms with van der Waals surface area (Å²) < 4.78 is 55.8. The van der Waals surface area contributed by atoms with E-state index in [2.05, 4.69) is 16.2 Å². The molecule has 158 valence electrons. The second-order valence-corrected chi connectivity index (χ2v) is 7.92. The van der Waals surface area contributed by atoms with Gasteiger partial charge in [-0.05, 0) is 35.6 Å². The molecule has 1 atom stereocenters. The van der Waals surface area contributed by atoms with Crippen LogP contribution in [-0.2, 0) is 12.0 Å². The highest BCUT2D eigenvalue weighted by Crippen LogP contribution is 2.42. The predicted octanol–water partition coefficient (Wildman–Crippen LogP) is 4.03. The van der Waals surface area contributed by atoms with E-state index < -0.39 is 36.0 Å². The number of aromatic hydroxyl groups is 1. The van der Waals surface area contributed by atoms with Gasteiger partial charge in [0.05, 0.1) is 12.2 Å². The van der Waals surface area contributed by atoms with Crippen LogP contribution < -0.4 is 16.2 Å². The van der Waals surface area contributed by atoms with Crippen molar-refractivity contribution in [2.75, 3.05) is 17.3 Å². The first-order valence-electron chi connectivity index (χ1n) is 9.06. The molecule has 0 fully saturated rings. The highest BCUT2D eigenvalue weighted by molar-refractivity contribution is 5.67. The Labute approximate surface area is 165 Å². The quantitative estimate of drug-likeness (QED) is 0.462. The maximum atomic E-state index is 14.3. The Morgan fingerprint density at radius 1 is 1.14 bits per heavy atom. The van der Waals surface area contributed by atoms with E-state index in [1.165, 1.54) is 26.0 Å². The smallest absolute Gasteiger partial charge is 0.418 e. The lowest BCUT2D eigenvalue weighted by Gasteiger charge is -2.38. The molecule has 1 aliphatic rings. The number of anilines is 2. The summed E-state index contributed by atoms with van der Waals surface area (Å²) in [6.07, 6.45) is -5.72. The highest BCUT2D eigenvalue weighted by Gasteiger charge is 2.56. The Balaban J connectivity index is 1.86. The van der Waals surface area contributed by atoms with Crippen LogP contribution in [-0.4, -0.2) is 28.5 Å². The number of alkyl halides is 3. The molecule has 1 unspecified atom stereocenters. The molecule has 29 heavy (non-hydrogen) atoms. The maximum absolute atomic E-state index is 14.3. The maximum Gasteiger partial charge on any atom is 0.418 e. The van der Waals surface area contributed by atoms with E-state index in [4.69, 9.17) is 0 Å². The third-order valence-electron chi connectivity index (χ3n) is 5.18. The zero-order valence-electron chi connectivity index (χ0n) is 16.0. The molecule has 0 radical (unpaired) electrons. The van der Waals surface area contributed by atoms with Crippen molar-refractivity contribution in [2.24, 2.45) is 0 Å². The van der Waals surface area contributed by atoms with E-state index in [-0.39, 0.29) is 11.3 Å². The van der Waals surface area contributed by atoms with Gasteiger partial charge in [0.1, 0.15) is 11.6 Å². The molecule has 9 heteroatoms. The van der Waals surface area contributed by atoms with Crippen LogP contribution in [0.2, 0.25) is 0 Å². The fraction of sp³-hybridized carbons (Fsp3) is 0.400. The van der Waals surface area contributed by atoms with Crippen molar-refractivity contribution in [1.29, 1.82) is 0 Å². The van der Waals surface area contributed by atoms with Crippen molar-refractivity contribution in [3.05, 3.63) is 53.3 Å². The Hall–Kier alpha value is -2.52. The standard InChI is InChI=1S/C20H23F4N3O2/c1-18(2,14-7-6-12(28)8-15(14)21)10-19(29,20(22,23)24)11-25-16-4-3-5-17-13(16)9-26-27-17/h3-8,25-29H,9-11H2,1-2H3. The molecule has 0 spiro atoms. The highest BCUT2D eigenvalue weighted by atomic mass is 19.4. The van der Waals surface area contributed by atoms with Crippen LogP contribution in [0.15, 0.2) is 36.4 Å². The Kier molecular flexibility index (Phi) is 5.40. The fourth-order valence-electron chi connectivity index (χ4n) is 3.67. The van der Waals surface area contributed by atoms with E-state index in [0.717, 1.165) is 17.3 Å². The lowest BCUT2D eigenvalue weighted by molar-refractivity contribution is -0.260. The van der Waals surface area contributed by atoms with Crippen molar-refractivity contribution in [1.82, 2.24) is 5.43 Å². The van der Waals surface area contributed by atoms with Crippen LogP contribution in [0.3, 0.4) is 0 Å². The van der Waals surface area contributed by atoms with Crippen LogP contribution in [0.1, 0.15) is 31.4 Å². The summed E-state index contributed by atoms with van der Waals surface area (Å²) in [6.45, 7) is 2.48. The van der Waals surface area contributed by atoms with Crippen LogP contribution in [0.5, 0.6) is 5.75 Å². The third-order valence-corrected chi connectivity index (χ3v) is 5.18. The zero-order valence-corrected chi connectivity index (χ0v) is 16.0. The predicted molar refractivity (Wildman–Crippen MR) is 102 cm³/mol. The number of hydrazine groups is 1. The van der Waals surface area contributed by atoms with Crippen LogP contribution >= 0.6 is 0 Å². The monoisotopic (exact) mass is 413 g/mol. The van der Waals surface area contributed by atoms with Gasteiger partial charge in [0.15, 0.2) is 5.60 Å². The number of aliphatic hydroxyl groups is 1. The summed E-state index contributed by atoms with van der Waals surface area (Å²) in [7, 11) is 0. The number of fused-ring (bicyclic) bond motifs is 1. The van der Waals surface area contributed by atoms with Gasteiger partial charge in [-0.15, -0.1) is 0 Å². The molecule has 0 saturated carbocycles. The molecule has 5 nitrogen and oxygen atoms in total. The lowest BCUT2D eigenvalue weighted by Crippen LogP contribution is -2.53. The number of hydrogen-bond acceptors (Lipinski definition) is 5. The summed E-state index contributed by atoms with van der Waals surface area (Å²) in [4.78, 5) is 0. The Morgan fingerprint density at radius 3 is 2.52 bits per heavy atom. The van der Waals surface area contributed by atoms with Gasteiger partial charge in [-0.2, -0.15) is 13.2 Å². The molecule has 2 aromatic rings. The molecule has 0 aliphatic carbocycles. The molecule has 0 amide bonds. The zero-order chi connectivity index (χ0) is 21.4. The van der Waals surface area contributed by atoms with Gasteiger partial charge in [-0.3, -0.25) is 0 Å². The molecular formula is C20H23F4N3O2.